The first kappa shape index (κ1) is 21.9. The van der Waals surface area contributed by atoms with Gasteiger partial charge in [-0.2, -0.15) is 0 Å². The van der Waals surface area contributed by atoms with Crippen molar-refractivity contribution in [2.24, 2.45) is 0 Å². The van der Waals surface area contributed by atoms with Crippen LogP contribution >= 0.6 is 0 Å². The summed E-state index contributed by atoms with van der Waals surface area (Å²) < 4.78 is 21.1. The first-order valence-electron chi connectivity index (χ1n) is 9.14. The van der Waals surface area contributed by atoms with E-state index in [9.17, 15) is 14.4 Å². The van der Waals surface area contributed by atoms with E-state index in [1.807, 2.05) is 24.3 Å². The molecule has 0 heterocycles. The van der Waals surface area contributed by atoms with Crippen LogP contribution in [0.2, 0.25) is 0 Å². The predicted octanol–water partition coefficient (Wildman–Crippen LogP) is 3.12. The summed E-state index contributed by atoms with van der Waals surface area (Å²) in [6.45, 7) is 3.31. The highest BCUT2D eigenvalue weighted by atomic mass is 16.6. The number of benzene rings is 2. The van der Waals surface area contributed by atoms with Crippen LogP contribution in [0, 0.1) is 0 Å². The molecule has 0 aromatic heterocycles. The molecule has 7 nitrogen and oxygen atoms in total. The van der Waals surface area contributed by atoms with E-state index in [-0.39, 0.29) is 19.6 Å². The maximum atomic E-state index is 12.2. The van der Waals surface area contributed by atoms with Crippen molar-refractivity contribution in [2.75, 3.05) is 13.7 Å². The zero-order chi connectivity index (χ0) is 21.2. The zero-order valence-electron chi connectivity index (χ0n) is 16.7. The molecule has 2 aromatic carbocycles. The van der Waals surface area contributed by atoms with Crippen LogP contribution in [-0.2, 0) is 32.1 Å². The van der Waals surface area contributed by atoms with Crippen LogP contribution in [0.15, 0.2) is 42.5 Å². The molecule has 0 spiro atoms. The Morgan fingerprint density at radius 2 is 1.83 bits per heavy atom. The monoisotopic (exact) mass is 400 g/mol. The SMILES string of the molecule is CCOC(=O)[C@@H](Cc1cc(C=O)ccc1OCc1ccc(OC)cc1)OC(C)=O. The van der Waals surface area contributed by atoms with Crippen molar-refractivity contribution in [2.45, 2.75) is 33.0 Å². The number of rotatable bonds is 10. The van der Waals surface area contributed by atoms with E-state index in [1.54, 1.807) is 32.2 Å². The van der Waals surface area contributed by atoms with Crippen molar-refractivity contribution < 1.29 is 33.3 Å². The number of hydrogen-bond donors (Lipinski definition) is 0. The number of hydrogen-bond acceptors (Lipinski definition) is 7. The van der Waals surface area contributed by atoms with Gasteiger partial charge in [0.05, 0.1) is 13.7 Å². The molecule has 0 saturated carbocycles. The maximum absolute atomic E-state index is 12.2. The second-order valence-electron chi connectivity index (χ2n) is 6.18. The maximum Gasteiger partial charge on any atom is 0.347 e. The van der Waals surface area contributed by atoms with Crippen LogP contribution < -0.4 is 9.47 Å². The van der Waals surface area contributed by atoms with Crippen LogP contribution in [0.5, 0.6) is 11.5 Å². The Morgan fingerprint density at radius 3 is 2.41 bits per heavy atom. The highest BCUT2D eigenvalue weighted by molar-refractivity contribution is 5.79. The van der Waals surface area contributed by atoms with Crippen LogP contribution in [0.1, 0.15) is 35.3 Å². The van der Waals surface area contributed by atoms with Gasteiger partial charge in [-0.3, -0.25) is 9.59 Å². The van der Waals surface area contributed by atoms with Crippen molar-refractivity contribution in [1.29, 1.82) is 0 Å². The lowest BCUT2D eigenvalue weighted by atomic mass is 10.0. The van der Waals surface area contributed by atoms with E-state index in [2.05, 4.69) is 0 Å². The molecule has 0 aliphatic heterocycles. The number of ether oxygens (including phenoxy) is 4. The molecule has 154 valence electrons. The summed E-state index contributed by atoms with van der Waals surface area (Å²) >= 11 is 0. The first-order chi connectivity index (χ1) is 14.0. The van der Waals surface area contributed by atoms with E-state index in [1.165, 1.54) is 6.92 Å². The Balaban J connectivity index is 2.22. The number of carbonyl (C=O) groups is 3. The zero-order valence-corrected chi connectivity index (χ0v) is 16.7. The van der Waals surface area contributed by atoms with E-state index in [0.717, 1.165) is 11.3 Å². The number of esters is 2. The van der Waals surface area contributed by atoms with Gasteiger partial charge in [0.2, 0.25) is 6.10 Å². The molecule has 1 atom stereocenters. The average Bonchev–Trinajstić information content (AvgIpc) is 2.72. The molecule has 7 heteroatoms. The molecular weight excluding hydrogens is 376 g/mol. The third-order valence-electron chi connectivity index (χ3n) is 4.04. The van der Waals surface area contributed by atoms with Gasteiger partial charge >= 0.3 is 11.9 Å². The molecule has 0 fully saturated rings. The molecule has 0 bridgehead atoms. The molecule has 0 aliphatic carbocycles. The summed E-state index contributed by atoms with van der Waals surface area (Å²) in [5.74, 6) is -0.0353. The van der Waals surface area contributed by atoms with Gasteiger partial charge in [0, 0.05) is 18.9 Å². The van der Waals surface area contributed by atoms with Crippen molar-refractivity contribution in [3.8, 4) is 11.5 Å². The Labute approximate surface area is 169 Å². The minimum atomic E-state index is -1.13. The second kappa shape index (κ2) is 10.8. The third kappa shape index (κ3) is 6.64. The summed E-state index contributed by atoms with van der Waals surface area (Å²) in [4.78, 5) is 34.7. The molecule has 0 saturated heterocycles. The largest absolute Gasteiger partial charge is 0.497 e. The lowest BCUT2D eigenvalue weighted by Crippen LogP contribution is -2.30. The Morgan fingerprint density at radius 1 is 1.10 bits per heavy atom. The van der Waals surface area contributed by atoms with Crippen LogP contribution in [0.4, 0.5) is 0 Å². The number of carbonyl (C=O) groups excluding carboxylic acids is 3. The molecular formula is C22H24O7. The Hall–Kier alpha value is -3.35. The normalized spacial score (nSPS) is 11.3. The summed E-state index contributed by atoms with van der Waals surface area (Å²) in [6.07, 6.45) is -0.405. The lowest BCUT2D eigenvalue weighted by molar-refractivity contribution is -0.166. The van der Waals surface area contributed by atoms with Crippen LogP contribution in [-0.4, -0.2) is 38.0 Å². The smallest absolute Gasteiger partial charge is 0.347 e. The predicted molar refractivity (Wildman–Crippen MR) is 105 cm³/mol. The highest BCUT2D eigenvalue weighted by Crippen LogP contribution is 2.24. The van der Waals surface area contributed by atoms with E-state index in [0.29, 0.717) is 23.2 Å². The number of aldehydes is 1. The van der Waals surface area contributed by atoms with Gasteiger partial charge in [0.25, 0.3) is 0 Å². The van der Waals surface area contributed by atoms with Gasteiger partial charge in [-0.25, -0.2) is 4.79 Å². The standard InChI is InChI=1S/C22H24O7/c1-4-27-22(25)21(29-15(2)24)12-18-11-17(13-23)7-10-20(18)28-14-16-5-8-19(26-3)9-6-16/h5-11,13,21H,4,12,14H2,1-3H3/t21-/m1/s1. The van der Waals surface area contributed by atoms with Gasteiger partial charge in [0.1, 0.15) is 24.4 Å². The van der Waals surface area contributed by atoms with Gasteiger partial charge in [-0.15, -0.1) is 0 Å². The summed E-state index contributed by atoms with van der Waals surface area (Å²) in [7, 11) is 1.59. The highest BCUT2D eigenvalue weighted by Gasteiger charge is 2.25. The van der Waals surface area contributed by atoms with E-state index >= 15 is 0 Å². The molecule has 2 rings (SSSR count). The fourth-order valence-electron chi connectivity index (χ4n) is 2.66. The van der Waals surface area contributed by atoms with Crippen LogP contribution in [0.3, 0.4) is 0 Å². The topological polar surface area (TPSA) is 88.1 Å². The fourth-order valence-corrected chi connectivity index (χ4v) is 2.66. The minimum absolute atomic E-state index is 0.0258. The van der Waals surface area contributed by atoms with Crippen molar-refractivity contribution >= 4 is 18.2 Å². The Kier molecular flexibility index (Phi) is 8.21. The van der Waals surface area contributed by atoms with Gasteiger partial charge < -0.3 is 18.9 Å². The fraction of sp³-hybridized carbons (Fsp3) is 0.318. The summed E-state index contributed by atoms with van der Waals surface area (Å²) in [5, 5.41) is 0. The molecule has 0 unspecified atom stereocenters. The van der Waals surface area contributed by atoms with E-state index in [4.69, 9.17) is 18.9 Å². The summed E-state index contributed by atoms with van der Waals surface area (Å²) in [6, 6.07) is 12.3. The molecule has 0 N–H and O–H groups in total. The van der Waals surface area contributed by atoms with Crippen molar-refractivity contribution in [1.82, 2.24) is 0 Å². The summed E-state index contributed by atoms with van der Waals surface area (Å²) in [5.41, 5.74) is 1.89. The molecule has 0 aliphatic rings. The lowest BCUT2D eigenvalue weighted by Gasteiger charge is -2.18. The second-order valence-corrected chi connectivity index (χ2v) is 6.18. The van der Waals surface area contributed by atoms with Crippen molar-refractivity contribution in [3.63, 3.8) is 0 Å². The van der Waals surface area contributed by atoms with Gasteiger partial charge in [0.15, 0.2) is 0 Å². The molecule has 0 amide bonds. The van der Waals surface area contributed by atoms with Crippen LogP contribution in [0.25, 0.3) is 0 Å². The van der Waals surface area contributed by atoms with Gasteiger partial charge in [-0.05, 0) is 48.4 Å². The molecule has 0 radical (unpaired) electrons. The van der Waals surface area contributed by atoms with Gasteiger partial charge in [-0.1, -0.05) is 12.1 Å². The first-order valence-corrected chi connectivity index (χ1v) is 9.14. The van der Waals surface area contributed by atoms with E-state index < -0.39 is 18.0 Å². The third-order valence-corrected chi connectivity index (χ3v) is 4.04. The molecule has 29 heavy (non-hydrogen) atoms. The minimum Gasteiger partial charge on any atom is -0.497 e. The number of methoxy groups -OCH3 is 1. The Bertz CT molecular complexity index is 843. The van der Waals surface area contributed by atoms with Crippen molar-refractivity contribution in [3.05, 3.63) is 59.2 Å². The quantitative estimate of drug-likeness (QED) is 0.447. The average molecular weight is 400 g/mol. The molecule has 2 aromatic rings.